The van der Waals surface area contributed by atoms with Gasteiger partial charge in [0.05, 0.1) is 0 Å². The third kappa shape index (κ3) is 2.74. The molecule has 0 saturated carbocycles. The fourth-order valence-corrected chi connectivity index (χ4v) is 1.99. The van der Waals surface area contributed by atoms with Gasteiger partial charge in [0, 0.05) is 14.1 Å². The molecule has 0 atom stereocenters. The maximum absolute atomic E-state index is 12.1. The van der Waals surface area contributed by atoms with Gasteiger partial charge in [0.2, 0.25) is 0 Å². The van der Waals surface area contributed by atoms with Gasteiger partial charge in [0.15, 0.2) is 11.7 Å². The third-order valence-electron chi connectivity index (χ3n) is 3.25. The van der Waals surface area contributed by atoms with Crippen LogP contribution in [0.4, 0.5) is 4.79 Å². The molecule has 1 aliphatic heterocycles. The van der Waals surface area contributed by atoms with Gasteiger partial charge in [-0.15, -0.1) is 0 Å². The van der Waals surface area contributed by atoms with Gasteiger partial charge in [-0.2, -0.15) is 0 Å². The Kier molecular flexibility index (Phi) is 3.98. The molecule has 108 valence electrons. The molecule has 1 saturated heterocycles. The number of urea groups is 1. The normalized spacial score (nSPS) is 17.0. The zero-order valence-corrected chi connectivity index (χ0v) is 11.6. The van der Waals surface area contributed by atoms with Crippen molar-refractivity contribution in [1.29, 1.82) is 0 Å². The number of amides is 4. The van der Waals surface area contributed by atoms with Crippen molar-refractivity contribution in [3.05, 3.63) is 42.0 Å². The van der Waals surface area contributed by atoms with Gasteiger partial charge in [-0.05, 0) is 11.6 Å². The van der Waals surface area contributed by atoms with Crippen LogP contribution in [-0.2, 0) is 14.4 Å². The number of imide groups is 2. The Hall–Kier alpha value is -2.76. The van der Waals surface area contributed by atoms with Crippen LogP contribution in [0.3, 0.4) is 0 Å². The molecule has 0 aromatic heterocycles. The molecule has 6 heteroatoms. The zero-order chi connectivity index (χ0) is 15.6. The summed E-state index contributed by atoms with van der Waals surface area (Å²) in [7, 11) is 2.49. The average molecular weight is 286 g/mol. The van der Waals surface area contributed by atoms with E-state index in [9.17, 15) is 19.2 Å². The van der Waals surface area contributed by atoms with Crippen molar-refractivity contribution in [3.8, 4) is 0 Å². The van der Waals surface area contributed by atoms with E-state index in [1.165, 1.54) is 26.2 Å². The zero-order valence-electron chi connectivity index (χ0n) is 11.6. The Morgan fingerprint density at radius 1 is 1.00 bits per heavy atom. The maximum Gasteiger partial charge on any atom is 0.332 e. The first-order chi connectivity index (χ1) is 9.93. The van der Waals surface area contributed by atoms with E-state index < -0.39 is 29.5 Å². The summed E-state index contributed by atoms with van der Waals surface area (Å²) >= 11 is 0. The first-order valence-corrected chi connectivity index (χ1v) is 6.29. The van der Waals surface area contributed by atoms with E-state index in [2.05, 4.69) is 0 Å². The summed E-state index contributed by atoms with van der Waals surface area (Å²) in [6.45, 7) is 0. The molecular weight excluding hydrogens is 272 g/mol. The molecule has 6 nitrogen and oxygen atoms in total. The summed E-state index contributed by atoms with van der Waals surface area (Å²) < 4.78 is 0. The number of carbonyl (C=O) groups excluding carboxylic acids is 4. The largest absolute Gasteiger partial charge is 0.332 e. The Balaban J connectivity index is 2.22. The topological polar surface area (TPSA) is 74.8 Å². The highest BCUT2D eigenvalue weighted by atomic mass is 16.2. The number of hydrogen-bond donors (Lipinski definition) is 0. The van der Waals surface area contributed by atoms with Crippen molar-refractivity contribution < 1.29 is 19.2 Å². The molecule has 1 aliphatic rings. The number of allylic oxidation sites excluding steroid dienone is 1. The Bertz CT molecular complexity index is 612. The summed E-state index contributed by atoms with van der Waals surface area (Å²) in [4.78, 5) is 49.1. The second-order valence-electron chi connectivity index (χ2n) is 4.66. The molecule has 0 spiro atoms. The first kappa shape index (κ1) is 14.6. The Morgan fingerprint density at radius 2 is 1.52 bits per heavy atom. The minimum absolute atomic E-state index is 0.639. The van der Waals surface area contributed by atoms with Crippen LogP contribution in [0.25, 0.3) is 6.08 Å². The molecular formula is C15H14N2O4. The Morgan fingerprint density at radius 3 is 2.05 bits per heavy atom. The van der Waals surface area contributed by atoms with Crippen LogP contribution < -0.4 is 0 Å². The number of hydrogen-bond acceptors (Lipinski definition) is 4. The molecule has 0 bridgehead atoms. The van der Waals surface area contributed by atoms with Crippen molar-refractivity contribution >= 4 is 29.7 Å². The molecule has 2 rings (SSSR count). The summed E-state index contributed by atoms with van der Waals surface area (Å²) in [6, 6.07) is 8.29. The van der Waals surface area contributed by atoms with Crippen LogP contribution >= 0.6 is 0 Å². The lowest BCUT2D eigenvalue weighted by Crippen LogP contribution is -2.58. The van der Waals surface area contributed by atoms with Crippen molar-refractivity contribution in [3.63, 3.8) is 0 Å². The molecule has 21 heavy (non-hydrogen) atoms. The summed E-state index contributed by atoms with van der Waals surface area (Å²) in [6.07, 6.45) is 2.71. The van der Waals surface area contributed by atoms with E-state index in [-0.39, 0.29) is 0 Å². The number of benzene rings is 1. The molecule has 0 unspecified atom stereocenters. The predicted octanol–water partition coefficient (Wildman–Crippen LogP) is 0.935. The quantitative estimate of drug-likeness (QED) is 0.612. The molecule has 1 aromatic carbocycles. The standard InChI is InChI=1S/C15H14N2O4/c1-16-13(19)12(14(20)17(2)15(16)21)11(18)9-8-10-6-4-3-5-7-10/h3-9,12H,1-2H3/b9-8+. The lowest BCUT2D eigenvalue weighted by molar-refractivity contribution is -0.150. The minimum Gasteiger partial charge on any atom is -0.293 e. The average Bonchev–Trinajstić information content (AvgIpc) is 2.50. The van der Waals surface area contributed by atoms with Gasteiger partial charge in [0.25, 0.3) is 11.8 Å². The number of carbonyl (C=O) groups is 4. The van der Waals surface area contributed by atoms with Crippen molar-refractivity contribution in [2.24, 2.45) is 5.92 Å². The van der Waals surface area contributed by atoms with Gasteiger partial charge >= 0.3 is 6.03 Å². The third-order valence-corrected chi connectivity index (χ3v) is 3.25. The highest BCUT2D eigenvalue weighted by molar-refractivity contribution is 6.28. The van der Waals surface area contributed by atoms with Crippen molar-refractivity contribution in [2.45, 2.75) is 0 Å². The smallest absolute Gasteiger partial charge is 0.293 e. The SMILES string of the molecule is CN1C(=O)C(C(=O)/C=C/c2ccccc2)C(=O)N(C)C1=O. The van der Waals surface area contributed by atoms with Crippen LogP contribution in [0.5, 0.6) is 0 Å². The van der Waals surface area contributed by atoms with Gasteiger partial charge < -0.3 is 0 Å². The van der Waals surface area contributed by atoms with Gasteiger partial charge in [-0.3, -0.25) is 24.2 Å². The molecule has 0 radical (unpaired) electrons. The lowest BCUT2D eigenvalue weighted by atomic mass is 9.98. The molecule has 0 N–H and O–H groups in total. The second kappa shape index (κ2) is 5.70. The van der Waals surface area contributed by atoms with E-state index in [0.29, 0.717) is 0 Å². The van der Waals surface area contributed by atoms with Crippen LogP contribution in [0.2, 0.25) is 0 Å². The predicted molar refractivity (Wildman–Crippen MR) is 74.9 cm³/mol. The summed E-state index contributed by atoms with van der Waals surface area (Å²) in [5, 5.41) is 0. The van der Waals surface area contributed by atoms with Crippen LogP contribution in [-0.4, -0.2) is 47.5 Å². The number of ketones is 1. The second-order valence-corrected chi connectivity index (χ2v) is 4.66. The highest BCUT2D eigenvalue weighted by Crippen LogP contribution is 2.17. The molecule has 4 amide bonds. The van der Waals surface area contributed by atoms with Crippen molar-refractivity contribution in [1.82, 2.24) is 9.80 Å². The van der Waals surface area contributed by atoms with Crippen LogP contribution in [0.15, 0.2) is 36.4 Å². The van der Waals surface area contributed by atoms with Gasteiger partial charge in [-0.25, -0.2) is 4.79 Å². The molecule has 1 fully saturated rings. The molecule has 1 heterocycles. The van der Waals surface area contributed by atoms with Crippen molar-refractivity contribution in [2.75, 3.05) is 14.1 Å². The lowest BCUT2D eigenvalue weighted by Gasteiger charge is -2.31. The van der Waals surface area contributed by atoms with E-state index in [0.717, 1.165) is 15.4 Å². The summed E-state index contributed by atoms with van der Waals surface area (Å²) in [5.74, 6) is -3.73. The van der Waals surface area contributed by atoms with E-state index >= 15 is 0 Å². The minimum atomic E-state index is -1.49. The first-order valence-electron chi connectivity index (χ1n) is 6.29. The van der Waals surface area contributed by atoms with E-state index in [4.69, 9.17) is 0 Å². The Labute approximate surface area is 121 Å². The van der Waals surface area contributed by atoms with Crippen LogP contribution in [0.1, 0.15) is 5.56 Å². The van der Waals surface area contributed by atoms with E-state index in [1.54, 1.807) is 24.3 Å². The number of barbiturate groups is 1. The van der Waals surface area contributed by atoms with Gasteiger partial charge in [0.1, 0.15) is 0 Å². The summed E-state index contributed by atoms with van der Waals surface area (Å²) in [5.41, 5.74) is 0.777. The molecule has 0 aliphatic carbocycles. The number of rotatable bonds is 3. The highest BCUT2D eigenvalue weighted by Gasteiger charge is 2.45. The maximum atomic E-state index is 12.1. The van der Waals surface area contributed by atoms with Crippen LogP contribution in [0, 0.1) is 5.92 Å². The molecule has 1 aromatic rings. The van der Waals surface area contributed by atoms with E-state index in [1.807, 2.05) is 6.07 Å². The fraction of sp³-hybridized carbons (Fsp3) is 0.200. The fourth-order valence-electron chi connectivity index (χ4n) is 1.99. The monoisotopic (exact) mass is 286 g/mol. The van der Waals surface area contributed by atoms with Gasteiger partial charge in [-0.1, -0.05) is 36.4 Å². The number of nitrogens with zero attached hydrogens (tertiary/aromatic N) is 2.